The molecule has 0 fully saturated rings. The van der Waals surface area contributed by atoms with E-state index in [1.54, 1.807) is 18.3 Å². The Balaban J connectivity index is 1.79. The third kappa shape index (κ3) is 4.85. The van der Waals surface area contributed by atoms with Gasteiger partial charge in [0.1, 0.15) is 11.6 Å². The number of nitrogens with zero attached hydrogens (tertiary/aromatic N) is 1. The molecule has 0 aliphatic carbocycles. The van der Waals surface area contributed by atoms with Gasteiger partial charge in [0, 0.05) is 6.20 Å². The Hall–Kier alpha value is -2.47. The number of carbonyl (C=O) groups excluding carboxylic acids is 1. The number of nitrogens with one attached hydrogen (secondary N) is 2. The number of rotatable bonds is 4. The van der Waals surface area contributed by atoms with Gasteiger partial charge in [-0.25, -0.2) is 4.98 Å². The summed E-state index contributed by atoms with van der Waals surface area (Å²) in [6.45, 7) is 1.81. The lowest BCUT2D eigenvalue weighted by atomic mass is 10.2. The van der Waals surface area contributed by atoms with E-state index in [0.29, 0.717) is 11.6 Å². The Morgan fingerprint density at radius 2 is 2.00 bits per heavy atom. The monoisotopic (exact) mass is 301 g/mol. The van der Waals surface area contributed by atoms with Crippen molar-refractivity contribution in [3.8, 4) is 5.75 Å². The summed E-state index contributed by atoms with van der Waals surface area (Å²) in [5, 5.41) is 5.54. The van der Waals surface area contributed by atoms with Crippen molar-refractivity contribution in [2.24, 2.45) is 0 Å². The van der Waals surface area contributed by atoms with Crippen molar-refractivity contribution in [3.05, 3.63) is 54.2 Å². The van der Waals surface area contributed by atoms with Crippen LogP contribution in [-0.4, -0.2) is 22.6 Å². The number of hydrogen-bond donors (Lipinski definition) is 2. The summed E-state index contributed by atoms with van der Waals surface area (Å²) in [7, 11) is 0. The molecular weight excluding hydrogens is 286 g/mol. The zero-order valence-electron chi connectivity index (χ0n) is 11.5. The first-order valence-electron chi connectivity index (χ1n) is 6.35. The maximum atomic E-state index is 11.7. The maximum absolute atomic E-state index is 11.7. The summed E-state index contributed by atoms with van der Waals surface area (Å²) in [6.07, 6.45) is 1.63. The number of amides is 1. The van der Waals surface area contributed by atoms with Gasteiger partial charge in [-0.3, -0.25) is 10.1 Å². The van der Waals surface area contributed by atoms with Crippen LogP contribution >= 0.6 is 12.2 Å². The molecule has 21 heavy (non-hydrogen) atoms. The molecule has 0 radical (unpaired) electrons. The van der Waals surface area contributed by atoms with Crippen LogP contribution < -0.4 is 15.4 Å². The second-order valence-corrected chi connectivity index (χ2v) is 4.68. The van der Waals surface area contributed by atoms with Gasteiger partial charge < -0.3 is 10.1 Å². The van der Waals surface area contributed by atoms with Crippen molar-refractivity contribution in [2.75, 3.05) is 11.9 Å². The minimum atomic E-state index is -0.327. The van der Waals surface area contributed by atoms with Crippen molar-refractivity contribution in [1.29, 1.82) is 0 Å². The third-order valence-corrected chi connectivity index (χ3v) is 2.82. The van der Waals surface area contributed by atoms with Crippen molar-refractivity contribution in [1.82, 2.24) is 10.3 Å². The molecule has 1 amide bonds. The van der Waals surface area contributed by atoms with Gasteiger partial charge in [0.2, 0.25) is 0 Å². The summed E-state index contributed by atoms with van der Waals surface area (Å²) < 4.78 is 5.43. The number of aromatic nitrogens is 1. The Labute approximate surface area is 128 Å². The second kappa shape index (κ2) is 7.35. The van der Waals surface area contributed by atoms with E-state index in [-0.39, 0.29) is 17.6 Å². The molecule has 0 aliphatic heterocycles. The van der Waals surface area contributed by atoms with Gasteiger partial charge in [-0.2, -0.15) is 0 Å². The first-order valence-corrected chi connectivity index (χ1v) is 6.76. The average molecular weight is 301 g/mol. The fraction of sp³-hybridized carbons (Fsp3) is 0.133. The van der Waals surface area contributed by atoms with E-state index < -0.39 is 0 Å². The van der Waals surface area contributed by atoms with Crippen LogP contribution in [0, 0.1) is 6.92 Å². The largest absolute Gasteiger partial charge is 0.483 e. The normalized spacial score (nSPS) is 9.76. The Kier molecular flexibility index (Phi) is 5.22. The minimum absolute atomic E-state index is 0.102. The second-order valence-electron chi connectivity index (χ2n) is 4.27. The highest BCUT2D eigenvalue weighted by Crippen LogP contribution is 2.15. The third-order valence-electron chi connectivity index (χ3n) is 2.61. The van der Waals surface area contributed by atoms with Gasteiger partial charge in [-0.05, 0) is 42.9 Å². The fourth-order valence-corrected chi connectivity index (χ4v) is 1.83. The molecule has 1 aromatic heterocycles. The summed E-state index contributed by atoms with van der Waals surface area (Å²) in [4.78, 5) is 15.8. The quantitative estimate of drug-likeness (QED) is 0.848. The molecule has 5 nitrogen and oxygen atoms in total. The summed E-state index contributed by atoms with van der Waals surface area (Å²) >= 11 is 5.03. The fourth-order valence-electron chi connectivity index (χ4n) is 1.61. The van der Waals surface area contributed by atoms with E-state index in [0.717, 1.165) is 5.56 Å². The van der Waals surface area contributed by atoms with Gasteiger partial charge in [-0.1, -0.05) is 24.3 Å². The molecule has 108 valence electrons. The molecule has 0 atom stereocenters. The van der Waals surface area contributed by atoms with Gasteiger partial charge in [-0.15, -0.1) is 0 Å². The first kappa shape index (κ1) is 14.9. The topological polar surface area (TPSA) is 63.2 Å². The highest BCUT2D eigenvalue weighted by molar-refractivity contribution is 7.80. The average Bonchev–Trinajstić information content (AvgIpc) is 2.47. The molecular formula is C15H15N3O2S. The lowest BCUT2D eigenvalue weighted by Gasteiger charge is -2.10. The summed E-state index contributed by atoms with van der Waals surface area (Å²) in [6, 6.07) is 12.9. The highest BCUT2D eigenvalue weighted by atomic mass is 32.1. The van der Waals surface area contributed by atoms with Gasteiger partial charge in [0.25, 0.3) is 5.91 Å². The van der Waals surface area contributed by atoms with E-state index in [2.05, 4.69) is 15.6 Å². The van der Waals surface area contributed by atoms with Crippen molar-refractivity contribution < 1.29 is 9.53 Å². The number of carbonyl (C=O) groups is 1. The Morgan fingerprint density at radius 3 is 2.71 bits per heavy atom. The van der Waals surface area contributed by atoms with E-state index in [1.165, 1.54) is 0 Å². The molecule has 1 aromatic carbocycles. The molecule has 6 heteroatoms. The number of benzene rings is 1. The van der Waals surface area contributed by atoms with E-state index in [4.69, 9.17) is 17.0 Å². The summed E-state index contributed by atoms with van der Waals surface area (Å²) in [5.41, 5.74) is 0.972. The van der Waals surface area contributed by atoms with E-state index in [1.807, 2.05) is 37.3 Å². The number of pyridine rings is 1. The van der Waals surface area contributed by atoms with Crippen molar-refractivity contribution in [3.63, 3.8) is 0 Å². The number of anilines is 1. The van der Waals surface area contributed by atoms with Gasteiger partial charge in [0.05, 0.1) is 0 Å². The number of aryl methyl sites for hydroxylation is 1. The zero-order valence-corrected chi connectivity index (χ0v) is 12.3. The number of ether oxygens (including phenoxy) is 1. The van der Waals surface area contributed by atoms with Crippen LogP contribution in [0.1, 0.15) is 5.56 Å². The number of hydrogen-bond acceptors (Lipinski definition) is 4. The van der Waals surface area contributed by atoms with Crippen molar-refractivity contribution >= 4 is 29.1 Å². The van der Waals surface area contributed by atoms with E-state index >= 15 is 0 Å². The molecule has 0 unspecified atom stereocenters. The molecule has 1 heterocycles. The molecule has 2 aromatic rings. The van der Waals surface area contributed by atoms with Crippen LogP contribution in [0.5, 0.6) is 5.75 Å². The van der Waals surface area contributed by atoms with Crippen molar-refractivity contribution in [2.45, 2.75) is 6.92 Å². The zero-order chi connectivity index (χ0) is 15.1. The lowest BCUT2D eigenvalue weighted by molar-refractivity contribution is -0.121. The minimum Gasteiger partial charge on any atom is -0.483 e. The Bertz CT molecular complexity index is 632. The first-order chi connectivity index (χ1) is 10.1. The molecule has 0 saturated heterocycles. The van der Waals surface area contributed by atoms with Gasteiger partial charge >= 0.3 is 0 Å². The smallest absolute Gasteiger partial charge is 0.264 e. The predicted molar refractivity (Wildman–Crippen MR) is 85.3 cm³/mol. The number of para-hydroxylation sites is 1. The van der Waals surface area contributed by atoms with Crippen LogP contribution in [0.25, 0.3) is 0 Å². The molecule has 0 aliphatic rings. The molecule has 0 saturated carbocycles. The molecule has 0 spiro atoms. The standard InChI is InChI=1S/C15H15N3O2S/c1-11-6-2-3-7-12(11)20-10-14(19)18-15(21)17-13-8-4-5-9-16-13/h2-9H,10H2,1H3,(H2,16,17,18,19,21). The van der Waals surface area contributed by atoms with Crippen LogP contribution in [0.3, 0.4) is 0 Å². The summed E-state index contributed by atoms with van der Waals surface area (Å²) in [5.74, 6) is 0.922. The SMILES string of the molecule is Cc1ccccc1OCC(=O)NC(=S)Nc1ccccn1. The molecule has 2 N–H and O–H groups in total. The van der Waals surface area contributed by atoms with Crippen LogP contribution in [0.2, 0.25) is 0 Å². The molecule has 0 bridgehead atoms. The van der Waals surface area contributed by atoms with Crippen LogP contribution in [0.15, 0.2) is 48.7 Å². The van der Waals surface area contributed by atoms with Crippen LogP contribution in [-0.2, 0) is 4.79 Å². The van der Waals surface area contributed by atoms with E-state index in [9.17, 15) is 4.79 Å². The van der Waals surface area contributed by atoms with Gasteiger partial charge in [0.15, 0.2) is 11.7 Å². The lowest BCUT2D eigenvalue weighted by Crippen LogP contribution is -2.37. The Morgan fingerprint density at radius 1 is 1.24 bits per heavy atom. The van der Waals surface area contributed by atoms with Crippen LogP contribution in [0.4, 0.5) is 5.82 Å². The maximum Gasteiger partial charge on any atom is 0.264 e. The number of thiocarbonyl (C=S) groups is 1. The highest BCUT2D eigenvalue weighted by Gasteiger charge is 2.07. The predicted octanol–water partition coefficient (Wildman–Crippen LogP) is 2.28. The molecule has 2 rings (SSSR count).